The van der Waals surface area contributed by atoms with Gasteiger partial charge in [0.2, 0.25) is 0 Å². The van der Waals surface area contributed by atoms with Gasteiger partial charge in [0.15, 0.2) is 5.96 Å². The lowest BCUT2D eigenvalue weighted by atomic mass is 10.2. The van der Waals surface area contributed by atoms with E-state index in [1.54, 1.807) is 11.8 Å². The first-order valence-corrected chi connectivity index (χ1v) is 4.63. The molecule has 0 aromatic rings. The molecule has 14 heavy (non-hydrogen) atoms. The van der Waals surface area contributed by atoms with Gasteiger partial charge >= 0.3 is 0 Å². The van der Waals surface area contributed by atoms with Crippen LogP contribution in [0.25, 0.3) is 0 Å². The number of guanidine groups is 1. The van der Waals surface area contributed by atoms with Gasteiger partial charge in [-0.2, -0.15) is 0 Å². The lowest BCUT2D eigenvalue weighted by molar-refractivity contribution is 0.346. The molecule has 0 radical (unpaired) electrons. The second kappa shape index (κ2) is 6.03. The van der Waals surface area contributed by atoms with Gasteiger partial charge in [0.05, 0.1) is 12.4 Å². The van der Waals surface area contributed by atoms with E-state index >= 15 is 0 Å². The van der Waals surface area contributed by atoms with E-state index in [0.29, 0.717) is 6.54 Å². The number of nitrogens with one attached hydrogen (secondary N) is 3. The fraction of sp³-hybridized carbons (Fsp3) is 0.600. The van der Waals surface area contributed by atoms with Crippen molar-refractivity contribution in [2.24, 2.45) is 0 Å². The van der Waals surface area contributed by atoms with Crippen LogP contribution in [0.3, 0.4) is 0 Å². The molecule has 1 atom stereocenters. The van der Waals surface area contributed by atoms with Crippen molar-refractivity contribution in [1.82, 2.24) is 10.2 Å². The quantitative estimate of drug-likeness (QED) is 0.359. The van der Waals surface area contributed by atoms with Crippen molar-refractivity contribution in [3.63, 3.8) is 0 Å². The number of nitrogens with zero attached hydrogens (tertiary/aromatic N) is 1. The molecule has 0 aromatic carbocycles. The maximum Gasteiger partial charge on any atom is 0.197 e. The minimum absolute atomic E-state index is 0.199. The molecule has 0 aromatic heterocycles. The van der Waals surface area contributed by atoms with Gasteiger partial charge in [0.1, 0.15) is 0 Å². The highest BCUT2D eigenvalue weighted by Crippen LogP contribution is 2.02. The maximum absolute atomic E-state index is 7.69. The molecule has 0 heterocycles. The van der Waals surface area contributed by atoms with Crippen molar-refractivity contribution < 1.29 is 0 Å². The van der Waals surface area contributed by atoms with Crippen molar-refractivity contribution in [1.29, 1.82) is 10.8 Å². The Morgan fingerprint density at radius 3 is 2.50 bits per heavy atom. The molecule has 0 spiro atoms. The molecule has 0 aliphatic heterocycles. The Morgan fingerprint density at radius 1 is 1.57 bits per heavy atom. The third-order valence-electron chi connectivity index (χ3n) is 1.98. The molecule has 3 N–H and O–H groups in total. The summed E-state index contributed by atoms with van der Waals surface area (Å²) in [5, 5.41) is 17.5. The Kier molecular flexibility index (Phi) is 5.38. The predicted octanol–water partition coefficient (Wildman–Crippen LogP) is 1.24. The molecule has 78 valence electrons. The predicted molar refractivity (Wildman–Crippen MR) is 59.6 cm³/mol. The van der Waals surface area contributed by atoms with Crippen molar-refractivity contribution in [2.45, 2.75) is 33.2 Å². The van der Waals surface area contributed by atoms with Crippen LogP contribution in [0.4, 0.5) is 0 Å². The molecule has 0 amide bonds. The smallest absolute Gasteiger partial charge is 0.197 e. The average Bonchev–Trinajstić information content (AvgIpc) is 2.11. The summed E-state index contributed by atoms with van der Waals surface area (Å²) >= 11 is 0. The fourth-order valence-electron chi connectivity index (χ4n) is 1.02. The van der Waals surface area contributed by atoms with E-state index in [1.165, 1.54) is 0 Å². The van der Waals surface area contributed by atoms with Crippen molar-refractivity contribution >= 4 is 11.8 Å². The van der Waals surface area contributed by atoms with E-state index in [9.17, 15) is 0 Å². The van der Waals surface area contributed by atoms with Crippen LogP contribution in [0.2, 0.25) is 0 Å². The number of terminal acetylenes is 1. The molecule has 4 heteroatoms. The Balaban J connectivity index is 4.41. The number of rotatable bonds is 3. The third kappa shape index (κ3) is 3.94. The van der Waals surface area contributed by atoms with Gasteiger partial charge in [-0.15, -0.1) is 6.42 Å². The summed E-state index contributed by atoms with van der Waals surface area (Å²) in [6.45, 7) is 6.04. The topological polar surface area (TPSA) is 63.0 Å². The summed E-state index contributed by atoms with van der Waals surface area (Å²) < 4.78 is 0. The number of amidine groups is 1. The molecule has 0 aliphatic carbocycles. The van der Waals surface area contributed by atoms with Crippen LogP contribution in [-0.2, 0) is 0 Å². The largest absolute Gasteiger partial charge is 0.329 e. The Labute approximate surface area is 85.7 Å². The van der Waals surface area contributed by atoms with Gasteiger partial charge in [-0.05, 0) is 20.3 Å². The third-order valence-corrected chi connectivity index (χ3v) is 1.98. The first-order valence-electron chi connectivity index (χ1n) is 4.63. The molecule has 0 fully saturated rings. The van der Waals surface area contributed by atoms with Crippen LogP contribution in [0.1, 0.15) is 27.2 Å². The van der Waals surface area contributed by atoms with Gasteiger partial charge in [-0.25, -0.2) is 0 Å². The molecule has 0 saturated carbocycles. The molecule has 4 nitrogen and oxygen atoms in total. The van der Waals surface area contributed by atoms with E-state index in [0.717, 1.165) is 6.42 Å². The summed E-state index contributed by atoms with van der Waals surface area (Å²) in [6.07, 6.45) is 6.14. The van der Waals surface area contributed by atoms with E-state index in [4.69, 9.17) is 17.2 Å². The summed E-state index contributed by atoms with van der Waals surface area (Å²) in [5.41, 5.74) is 0. The van der Waals surface area contributed by atoms with Crippen LogP contribution < -0.4 is 5.32 Å². The minimum Gasteiger partial charge on any atom is -0.329 e. The molecular formula is C10H18N4. The summed E-state index contributed by atoms with van der Waals surface area (Å²) in [7, 11) is 0. The SMILES string of the molecule is C#CCN(C(=N)NC(C)=N)C(C)CC. The summed E-state index contributed by atoms with van der Waals surface area (Å²) in [4.78, 5) is 1.76. The van der Waals surface area contributed by atoms with Crippen molar-refractivity contribution in [3.8, 4) is 12.3 Å². The molecule has 1 unspecified atom stereocenters. The fourth-order valence-corrected chi connectivity index (χ4v) is 1.02. The monoisotopic (exact) mass is 194 g/mol. The Morgan fingerprint density at radius 2 is 2.14 bits per heavy atom. The zero-order valence-corrected chi connectivity index (χ0v) is 9.02. The van der Waals surface area contributed by atoms with E-state index in [1.807, 2.05) is 13.8 Å². The lowest BCUT2D eigenvalue weighted by Crippen LogP contribution is -2.46. The average molecular weight is 194 g/mol. The van der Waals surface area contributed by atoms with Crippen LogP contribution in [0.15, 0.2) is 0 Å². The first-order chi connectivity index (χ1) is 6.52. The second-order valence-corrected chi connectivity index (χ2v) is 3.19. The van der Waals surface area contributed by atoms with E-state index < -0.39 is 0 Å². The highest BCUT2D eigenvalue weighted by molar-refractivity contribution is 5.95. The minimum atomic E-state index is 0.199. The van der Waals surface area contributed by atoms with E-state index in [2.05, 4.69) is 11.2 Å². The van der Waals surface area contributed by atoms with Crippen LogP contribution in [-0.4, -0.2) is 29.3 Å². The highest BCUT2D eigenvalue weighted by Gasteiger charge is 2.14. The lowest BCUT2D eigenvalue weighted by Gasteiger charge is -2.28. The number of hydrogen-bond acceptors (Lipinski definition) is 2. The van der Waals surface area contributed by atoms with Crippen LogP contribution in [0.5, 0.6) is 0 Å². The van der Waals surface area contributed by atoms with Gasteiger partial charge < -0.3 is 10.2 Å². The van der Waals surface area contributed by atoms with Gasteiger partial charge in [0, 0.05) is 6.04 Å². The second-order valence-electron chi connectivity index (χ2n) is 3.19. The van der Waals surface area contributed by atoms with Crippen molar-refractivity contribution in [3.05, 3.63) is 0 Å². The van der Waals surface area contributed by atoms with Crippen molar-refractivity contribution in [2.75, 3.05) is 6.54 Å². The molecular weight excluding hydrogens is 176 g/mol. The highest BCUT2D eigenvalue weighted by atomic mass is 15.3. The normalized spacial score (nSPS) is 11.3. The Hall–Kier alpha value is -1.50. The summed E-state index contributed by atoms with van der Waals surface area (Å²) in [6, 6.07) is 0.213. The van der Waals surface area contributed by atoms with Crippen LogP contribution in [0, 0.1) is 23.2 Å². The standard InChI is InChI=1S/C10H18N4/c1-5-7-14(8(3)6-2)10(12)13-9(4)11/h1,8H,6-7H2,2-4H3,(H3,11,12,13). The van der Waals surface area contributed by atoms with Gasteiger partial charge in [0.25, 0.3) is 0 Å². The van der Waals surface area contributed by atoms with E-state index in [-0.39, 0.29) is 17.8 Å². The zero-order valence-electron chi connectivity index (χ0n) is 9.02. The first kappa shape index (κ1) is 12.5. The van der Waals surface area contributed by atoms with Gasteiger partial charge in [-0.3, -0.25) is 10.8 Å². The number of hydrogen-bond donors (Lipinski definition) is 3. The Bertz CT molecular complexity index is 251. The zero-order chi connectivity index (χ0) is 11.1. The molecule has 0 bridgehead atoms. The maximum atomic E-state index is 7.69. The van der Waals surface area contributed by atoms with Gasteiger partial charge in [-0.1, -0.05) is 12.8 Å². The molecule has 0 saturated heterocycles. The summed E-state index contributed by atoms with van der Waals surface area (Å²) in [5.74, 6) is 2.96. The molecule has 0 aliphatic rings. The molecule has 0 rings (SSSR count). The van der Waals surface area contributed by atoms with Crippen LogP contribution >= 0.6 is 0 Å².